The van der Waals surface area contributed by atoms with Crippen LogP contribution in [0.3, 0.4) is 0 Å². The molecule has 0 aliphatic heterocycles. The molecule has 0 saturated heterocycles. The summed E-state index contributed by atoms with van der Waals surface area (Å²) in [5.41, 5.74) is 15.0. The highest BCUT2D eigenvalue weighted by Crippen LogP contribution is 2.22. The third kappa shape index (κ3) is 16.3. The normalized spacial score (nSPS) is 15.5. The number of aryl methyl sites for hydroxylation is 2. The minimum Gasteiger partial charge on any atom is -0.394 e. The summed E-state index contributed by atoms with van der Waals surface area (Å²) in [6.07, 6.45) is -11.7. The Kier molecular flexibility index (Phi) is 21.1. The number of carbonyl (C=O) groups excluding carboxylic acids is 2. The van der Waals surface area contributed by atoms with Gasteiger partial charge in [-0.05, 0) is 47.9 Å². The van der Waals surface area contributed by atoms with Crippen molar-refractivity contribution in [2.45, 2.75) is 80.9 Å². The summed E-state index contributed by atoms with van der Waals surface area (Å²) < 4.78 is 0. The molecule has 3 aromatic rings. The van der Waals surface area contributed by atoms with Crippen LogP contribution < -0.4 is 27.4 Å². The van der Waals surface area contributed by atoms with E-state index in [9.17, 15) is 50.4 Å². The molecule has 8 atom stereocenters. The maximum Gasteiger partial charge on any atom is 0.280 e. The summed E-state index contributed by atoms with van der Waals surface area (Å²) in [6.45, 7) is -2.30. The lowest BCUT2D eigenvalue weighted by atomic mass is 9.99. The molecule has 0 radical (unpaired) electrons. The molecule has 18 N–H and O–H groups in total. The van der Waals surface area contributed by atoms with Gasteiger partial charge in [-0.25, -0.2) is 9.97 Å². The van der Waals surface area contributed by atoms with E-state index in [2.05, 4.69) is 25.9 Å². The van der Waals surface area contributed by atoms with Crippen molar-refractivity contribution in [3.05, 3.63) is 70.5 Å². The molecule has 1 aromatic heterocycles. The van der Waals surface area contributed by atoms with Crippen LogP contribution in [0.2, 0.25) is 5.15 Å². The maximum atomic E-state index is 12.7. The number of unbranched alkanes of at least 4 members (excludes halogenated alkanes) is 1. The summed E-state index contributed by atoms with van der Waals surface area (Å²) in [5.74, 6) is -1.59. The summed E-state index contributed by atoms with van der Waals surface area (Å²) in [5, 5.41) is 115. The quantitative estimate of drug-likeness (QED) is 0.0223. The lowest BCUT2D eigenvalue weighted by Crippen LogP contribution is -2.54. The molecule has 21 nitrogen and oxygen atoms in total. The molecule has 2 amide bonds. The summed E-state index contributed by atoms with van der Waals surface area (Å²) >= 11 is 5.81. The molecule has 0 saturated carbocycles. The summed E-state index contributed by atoms with van der Waals surface area (Å²) in [7, 11) is 0. The number of anilines is 2. The zero-order chi connectivity index (χ0) is 45.2. The number of benzene rings is 2. The minimum absolute atomic E-state index is 0.0146. The molecule has 338 valence electrons. The molecule has 3 rings (SSSR count). The van der Waals surface area contributed by atoms with Gasteiger partial charge in [-0.3, -0.25) is 25.2 Å². The van der Waals surface area contributed by atoms with Gasteiger partial charge in [0.2, 0.25) is 5.91 Å². The van der Waals surface area contributed by atoms with Crippen molar-refractivity contribution in [3.8, 4) is 11.1 Å². The standard InChI is InChI=1S/C39H58ClN9O12/c40-35-37(42)47-36(41)30(46-35)38(61)48-39(43)45-14-2-1-3-21-4-9-23(10-5-21)24-11-6-22(7-12-24)8-13-29(56)44-15-16-49(17-25(52)31(57)33(59)27(54)19-50)18-26(53)32(58)34(60)28(55)20-51/h4-7,9-12,25-28,31-34,50-55,57-60H,1-3,8,13-20H2,(H,44,56)(H4,41,42,47)(H3,43,45,48,61)/t25-,26+,27-,28-,31-,32-,33-,34-/m1/s1. The van der Waals surface area contributed by atoms with Crippen LogP contribution in [0.15, 0.2) is 48.5 Å². The van der Waals surface area contributed by atoms with Crippen molar-refractivity contribution in [2.24, 2.45) is 0 Å². The molecule has 0 aliphatic rings. The SMILES string of the molecule is N=C(NCCCCc1ccc(-c2ccc(CCC(=O)NCCN(C[C@@H](O)[C@@H](O)[C@H](O)[C@H](O)CO)C[C@H](O)[C@@H](O)[C@H](O)[C@H](O)CO)cc2)cc1)NC(=O)c1nc(Cl)c(N)nc1N. The zero-order valence-electron chi connectivity index (χ0n) is 33.4. The number of nitrogens with two attached hydrogens (primary N) is 2. The molecule has 22 heteroatoms. The smallest absolute Gasteiger partial charge is 0.280 e. The molecule has 0 aliphatic carbocycles. The number of carbonyl (C=O) groups is 2. The molecule has 2 aromatic carbocycles. The van der Waals surface area contributed by atoms with Crippen LogP contribution in [0.1, 0.15) is 40.9 Å². The average Bonchev–Trinajstić information content (AvgIpc) is 3.25. The first-order valence-corrected chi connectivity index (χ1v) is 19.9. The number of aromatic nitrogens is 2. The van der Waals surface area contributed by atoms with Crippen LogP contribution in [-0.4, -0.2) is 178 Å². The number of nitrogen functional groups attached to an aromatic ring is 2. The number of aliphatic hydroxyl groups is 10. The first-order valence-electron chi connectivity index (χ1n) is 19.5. The number of amides is 2. The number of rotatable bonds is 25. The summed E-state index contributed by atoms with van der Waals surface area (Å²) in [4.78, 5) is 33.9. The molecule has 0 fully saturated rings. The fraction of sp³-hybridized carbons (Fsp3) is 0.513. The van der Waals surface area contributed by atoms with Gasteiger partial charge in [-0.1, -0.05) is 60.1 Å². The second-order valence-corrected chi connectivity index (χ2v) is 14.8. The highest BCUT2D eigenvalue weighted by molar-refractivity contribution is 6.31. The third-order valence-electron chi connectivity index (χ3n) is 9.73. The van der Waals surface area contributed by atoms with Crippen LogP contribution in [0.5, 0.6) is 0 Å². The highest BCUT2D eigenvalue weighted by atomic mass is 35.5. The van der Waals surface area contributed by atoms with E-state index >= 15 is 0 Å². The molecule has 61 heavy (non-hydrogen) atoms. The number of nitrogens with zero attached hydrogens (tertiary/aromatic N) is 3. The first-order chi connectivity index (χ1) is 28.9. The molecule has 1 heterocycles. The summed E-state index contributed by atoms with van der Waals surface area (Å²) in [6, 6.07) is 15.9. The van der Waals surface area contributed by atoms with Gasteiger partial charge in [0.05, 0.1) is 25.4 Å². The van der Waals surface area contributed by atoms with Gasteiger partial charge in [0.1, 0.15) is 36.6 Å². The Morgan fingerprint density at radius 2 is 1.16 bits per heavy atom. The number of aliphatic hydroxyl groups excluding tert-OH is 10. The van der Waals surface area contributed by atoms with Crippen molar-refractivity contribution in [1.82, 2.24) is 30.8 Å². The van der Waals surface area contributed by atoms with Crippen molar-refractivity contribution < 1.29 is 60.7 Å². The topological polar surface area (TPSA) is 377 Å². The average molecular weight is 880 g/mol. The Balaban J connectivity index is 1.42. The van der Waals surface area contributed by atoms with Gasteiger partial charge in [-0.2, -0.15) is 0 Å². The van der Waals surface area contributed by atoms with Crippen LogP contribution in [-0.2, 0) is 17.6 Å². The first kappa shape index (κ1) is 50.7. The van der Waals surface area contributed by atoms with E-state index in [1.54, 1.807) is 0 Å². The Morgan fingerprint density at radius 3 is 1.67 bits per heavy atom. The zero-order valence-corrected chi connectivity index (χ0v) is 34.1. The molecule has 0 spiro atoms. The predicted octanol–water partition coefficient (Wildman–Crippen LogP) is -3.54. The fourth-order valence-corrected chi connectivity index (χ4v) is 6.18. The second kappa shape index (κ2) is 25.3. The van der Waals surface area contributed by atoms with E-state index in [-0.39, 0.29) is 53.9 Å². The highest BCUT2D eigenvalue weighted by Gasteiger charge is 2.34. The molecule has 0 bridgehead atoms. The molecular formula is C39H58ClN9O12. The van der Waals surface area contributed by atoms with E-state index in [0.717, 1.165) is 41.5 Å². The van der Waals surface area contributed by atoms with E-state index < -0.39 is 81.0 Å². The number of guanidine groups is 1. The van der Waals surface area contributed by atoms with Crippen LogP contribution in [0.25, 0.3) is 11.1 Å². The molecular weight excluding hydrogens is 822 g/mol. The van der Waals surface area contributed by atoms with Gasteiger partial charge < -0.3 is 73.2 Å². The minimum atomic E-state index is -1.92. The van der Waals surface area contributed by atoms with Crippen molar-refractivity contribution >= 4 is 41.0 Å². The lowest BCUT2D eigenvalue weighted by Gasteiger charge is -2.33. The van der Waals surface area contributed by atoms with Crippen molar-refractivity contribution in [2.75, 3.05) is 57.4 Å². The Hall–Kier alpha value is -4.62. The van der Waals surface area contributed by atoms with Gasteiger partial charge in [0, 0.05) is 39.1 Å². The Bertz CT molecular complexity index is 1800. The number of nitrogens with one attached hydrogen (secondary N) is 4. The predicted molar refractivity (Wildman–Crippen MR) is 224 cm³/mol. The van der Waals surface area contributed by atoms with Crippen LogP contribution >= 0.6 is 11.6 Å². The fourth-order valence-electron chi connectivity index (χ4n) is 6.05. The monoisotopic (exact) mass is 879 g/mol. The van der Waals surface area contributed by atoms with E-state index in [4.69, 9.17) is 38.7 Å². The number of hydrogen-bond donors (Lipinski definition) is 16. The van der Waals surface area contributed by atoms with Gasteiger partial charge in [-0.15, -0.1) is 0 Å². The van der Waals surface area contributed by atoms with E-state index in [1.165, 1.54) is 4.90 Å². The number of hydrogen-bond acceptors (Lipinski definition) is 18. The van der Waals surface area contributed by atoms with Crippen LogP contribution in [0, 0.1) is 5.41 Å². The van der Waals surface area contributed by atoms with Gasteiger partial charge in [0.15, 0.2) is 28.4 Å². The van der Waals surface area contributed by atoms with E-state index in [1.807, 2.05) is 48.5 Å². The van der Waals surface area contributed by atoms with E-state index in [0.29, 0.717) is 13.0 Å². The Morgan fingerprint density at radius 1 is 0.672 bits per heavy atom. The van der Waals surface area contributed by atoms with Crippen LogP contribution in [0.4, 0.5) is 11.6 Å². The molecule has 0 unspecified atom stereocenters. The van der Waals surface area contributed by atoms with Crippen molar-refractivity contribution in [1.29, 1.82) is 5.41 Å². The third-order valence-corrected chi connectivity index (χ3v) is 10.0. The number of halogens is 1. The Labute approximate surface area is 357 Å². The largest absolute Gasteiger partial charge is 0.394 e. The van der Waals surface area contributed by atoms with Gasteiger partial charge in [0.25, 0.3) is 5.91 Å². The second-order valence-electron chi connectivity index (χ2n) is 14.4. The maximum absolute atomic E-state index is 12.7. The lowest BCUT2D eigenvalue weighted by molar-refractivity contribution is -0.130. The van der Waals surface area contributed by atoms with Crippen molar-refractivity contribution in [3.63, 3.8) is 0 Å². The van der Waals surface area contributed by atoms with Gasteiger partial charge >= 0.3 is 0 Å².